The van der Waals surface area contributed by atoms with Gasteiger partial charge in [0, 0.05) is 6.20 Å². The largest absolute Gasteiger partial charge is 0.306 e. The van der Waals surface area contributed by atoms with Crippen molar-refractivity contribution < 1.29 is 13.3 Å². The van der Waals surface area contributed by atoms with E-state index in [2.05, 4.69) is 4.98 Å². The topological polar surface area (TPSA) is 90.2 Å². The third kappa shape index (κ3) is 2.35. The summed E-state index contributed by atoms with van der Waals surface area (Å²) in [4.78, 5) is 13.6. The number of rotatable bonds is 3. The molecule has 1 fully saturated rings. The maximum Gasteiger partial charge on any atom is 0.306 e. The average molecular weight is 270 g/mol. The highest BCUT2D eigenvalue weighted by atomic mass is 32.2. The van der Waals surface area contributed by atoms with Crippen LogP contribution < -0.4 is 0 Å². The smallest absolute Gasteiger partial charge is 0.258 e. The Morgan fingerprint density at radius 1 is 1.28 bits per heavy atom. The maximum absolute atomic E-state index is 12.4. The van der Waals surface area contributed by atoms with Crippen molar-refractivity contribution in [2.24, 2.45) is 0 Å². The van der Waals surface area contributed by atoms with Crippen molar-refractivity contribution in [2.75, 3.05) is 0 Å². The lowest BCUT2D eigenvalue weighted by Gasteiger charge is -2.21. The van der Waals surface area contributed by atoms with Crippen molar-refractivity contribution in [3.05, 3.63) is 28.6 Å². The monoisotopic (exact) mass is 270 g/mol. The van der Waals surface area contributed by atoms with Gasteiger partial charge in [0.05, 0.1) is 10.2 Å². The van der Waals surface area contributed by atoms with E-state index < -0.39 is 25.7 Å². The average Bonchev–Trinajstić information content (AvgIpc) is 2.39. The summed E-state index contributed by atoms with van der Waals surface area (Å²) in [6.45, 7) is 0. The zero-order valence-electron chi connectivity index (χ0n) is 9.78. The Bertz CT molecular complexity index is 550. The number of nitro groups is 1. The predicted molar refractivity (Wildman–Crippen MR) is 65.0 cm³/mol. The first-order valence-electron chi connectivity index (χ1n) is 5.86. The van der Waals surface area contributed by atoms with Crippen LogP contribution in [0.4, 0.5) is 5.69 Å². The van der Waals surface area contributed by atoms with Gasteiger partial charge in [-0.2, -0.15) is 0 Å². The van der Waals surface area contributed by atoms with Crippen molar-refractivity contribution in [3.8, 4) is 0 Å². The SMILES string of the molecule is O=[N+]([O-])c1cnccc1S(=O)(=O)C1CCCCC1. The van der Waals surface area contributed by atoms with Gasteiger partial charge in [0.25, 0.3) is 0 Å². The van der Waals surface area contributed by atoms with E-state index in [0.717, 1.165) is 25.5 Å². The minimum atomic E-state index is -3.62. The van der Waals surface area contributed by atoms with E-state index in [1.54, 1.807) is 0 Å². The van der Waals surface area contributed by atoms with Gasteiger partial charge in [0.1, 0.15) is 11.1 Å². The number of pyridine rings is 1. The normalized spacial score (nSPS) is 17.6. The zero-order chi connectivity index (χ0) is 13.2. The van der Waals surface area contributed by atoms with Crippen molar-refractivity contribution in [1.82, 2.24) is 4.98 Å². The van der Waals surface area contributed by atoms with Gasteiger partial charge >= 0.3 is 5.69 Å². The number of hydrogen-bond donors (Lipinski definition) is 0. The molecule has 1 aliphatic carbocycles. The summed E-state index contributed by atoms with van der Waals surface area (Å²) < 4.78 is 24.8. The summed E-state index contributed by atoms with van der Waals surface area (Å²) >= 11 is 0. The van der Waals surface area contributed by atoms with Crippen LogP contribution in [0.3, 0.4) is 0 Å². The Kier molecular flexibility index (Phi) is 3.60. The molecule has 1 aromatic rings. The van der Waals surface area contributed by atoms with E-state index in [4.69, 9.17) is 0 Å². The Balaban J connectivity index is 2.43. The molecule has 1 heterocycles. The third-order valence-corrected chi connectivity index (χ3v) is 5.56. The van der Waals surface area contributed by atoms with E-state index in [0.29, 0.717) is 12.8 Å². The van der Waals surface area contributed by atoms with Crippen molar-refractivity contribution in [2.45, 2.75) is 42.2 Å². The summed E-state index contributed by atoms with van der Waals surface area (Å²) in [7, 11) is -3.62. The fourth-order valence-corrected chi connectivity index (χ4v) is 4.29. The van der Waals surface area contributed by atoms with Crippen LogP contribution in [0, 0.1) is 10.1 Å². The molecule has 0 aliphatic heterocycles. The van der Waals surface area contributed by atoms with Crippen LogP contribution in [0.15, 0.2) is 23.4 Å². The lowest BCUT2D eigenvalue weighted by atomic mass is 10.0. The molecule has 18 heavy (non-hydrogen) atoms. The van der Waals surface area contributed by atoms with Gasteiger partial charge in [-0.05, 0) is 18.9 Å². The number of aromatic nitrogens is 1. The van der Waals surface area contributed by atoms with Gasteiger partial charge in [-0.1, -0.05) is 19.3 Å². The predicted octanol–water partition coefficient (Wildman–Crippen LogP) is 2.10. The van der Waals surface area contributed by atoms with Crippen LogP contribution in [0.2, 0.25) is 0 Å². The van der Waals surface area contributed by atoms with Gasteiger partial charge in [-0.25, -0.2) is 8.42 Å². The number of hydrogen-bond acceptors (Lipinski definition) is 5. The molecule has 0 spiro atoms. The summed E-state index contributed by atoms with van der Waals surface area (Å²) in [5, 5.41) is 10.4. The molecule has 1 saturated carbocycles. The van der Waals surface area contributed by atoms with Crippen LogP contribution in [-0.2, 0) is 9.84 Å². The lowest BCUT2D eigenvalue weighted by Crippen LogP contribution is -2.24. The lowest BCUT2D eigenvalue weighted by molar-refractivity contribution is -0.388. The van der Waals surface area contributed by atoms with Crippen LogP contribution in [0.5, 0.6) is 0 Å². The molecule has 1 aliphatic rings. The van der Waals surface area contributed by atoms with Crippen molar-refractivity contribution >= 4 is 15.5 Å². The van der Waals surface area contributed by atoms with Gasteiger partial charge in [0.15, 0.2) is 9.84 Å². The maximum atomic E-state index is 12.4. The second-order valence-electron chi connectivity index (χ2n) is 4.41. The van der Waals surface area contributed by atoms with E-state index in [-0.39, 0.29) is 4.90 Å². The molecular weight excluding hydrogens is 256 g/mol. The zero-order valence-corrected chi connectivity index (χ0v) is 10.6. The number of nitrogens with zero attached hydrogens (tertiary/aromatic N) is 2. The van der Waals surface area contributed by atoms with E-state index in [1.165, 1.54) is 12.3 Å². The van der Waals surface area contributed by atoms with Gasteiger partial charge < -0.3 is 0 Å². The fraction of sp³-hybridized carbons (Fsp3) is 0.545. The van der Waals surface area contributed by atoms with Crippen molar-refractivity contribution in [3.63, 3.8) is 0 Å². The van der Waals surface area contributed by atoms with Crippen molar-refractivity contribution in [1.29, 1.82) is 0 Å². The number of sulfone groups is 1. The van der Waals surface area contributed by atoms with Crippen LogP contribution in [-0.4, -0.2) is 23.6 Å². The minimum Gasteiger partial charge on any atom is -0.258 e. The first-order chi connectivity index (χ1) is 8.53. The first kappa shape index (κ1) is 12.9. The Labute approximate surface area is 105 Å². The molecule has 0 saturated heterocycles. The van der Waals surface area contributed by atoms with E-state index >= 15 is 0 Å². The molecule has 2 rings (SSSR count). The molecule has 1 aromatic heterocycles. The van der Waals surface area contributed by atoms with E-state index in [9.17, 15) is 18.5 Å². The second kappa shape index (κ2) is 5.01. The van der Waals surface area contributed by atoms with Crippen LogP contribution in [0.25, 0.3) is 0 Å². The van der Waals surface area contributed by atoms with Gasteiger partial charge in [-0.15, -0.1) is 0 Å². The summed E-state index contributed by atoms with van der Waals surface area (Å²) in [6, 6.07) is 1.22. The van der Waals surface area contributed by atoms with Gasteiger partial charge in [0.2, 0.25) is 0 Å². The third-order valence-electron chi connectivity index (χ3n) is 3.26. The summed E-state index contributed by atoms with van der Waals surface area (Å²) in [6.07, 6.45) is 6.21. The molecule has 0 unspecified atom stereocenters. The molecule has 0 bridgehead atoms. The molecular formula is C11H14N2O4S. The highest BCUT2D eigenvalue weighted by molar-refractivity contribution is 7.92. The van der Waals surface area contributed by atoms with E-state index in [1.807, 2.05) is 0 Å². The van der Waals surface area contributed by atoms with Crippen LogP contribution in [0.1, 0.15) is 32.1 Å². The molecule has 0 N–H and O–H groups in total. The quantitative estimate of drug-likeness (QED) is 0.619. The highest BCUT2D eigenvalue weighted by Crippen LogP contribution is 2.32. The standard InChI is InChI=1S/C11H14N2O4S/c14-13(15)10-8-12-7-6-11(10)18(16,17)9-4-2-1-3-5-9/h6-9H,1-5H2. The molecule has 7 heteroatoms. The summed E-state index contributed by atoms with van der Waals surface area (Å²) in [5.74, 6) is 0. The second-order valence-corrected chi connectivity index (χ2v) is 6.60. The Hall–Kier alpha value is -1.50. The highest BCUT2D eigenvalue weighted by Gasteiger charge is 2.34. The molecule has 0 amide bonds. The molecule has 0 aromatic carbocycles. The molecule has 0 atom stereocenters. The minimum absolute atomic E-state index is 0.200. The molecule has 6 nitrogen and oxygen atoms in total. The molecule has 98 valence electrons. The first-order valence-corrected chi connectivity index (χ1v) is 7.40. The summed E-state index contributed by atoms with van der Waals surface area (Å²) in [5.41, 5.74) is -0.428. The Morgan fingerprint density at radius 3 is 2.56 bits per heavy atom. The van der Waals surface area contributed by atoms with Crippen LogP contribution >= 0.6 is 0 Å². The molecule has 0 radical (unpaired) electrons. The fourth-order valence-electron chi connectivity index (χ4n) is 2.31. The Morgan fingerprint density at radius 2 is 1.94 bits per heavy atom. The van der Waals surface area contributed by atoms with Gasteiger partial charge in [-0.3, -0.25) is 15.1 Å².